The molecule has 162 valence electrons. The van der Waals surface area contributed by atoms with Crippen LogP contribution < -0.4 is 5.73 Å². The van der Waals surface area contributed by atoms with Crippen molar-refractivity contribution in [1.82, 2.24) is 19.8 Å². The Balaban J connectivity index is 1.65. The number of aromatic nitrogens is 2. The second-order valence-electron chi connectivity index (χ2n) is 7.50. The van der Waals surface area contributed by atoms with Crippen molar-refractivity contribution in [3.8, 4) is 11.1 Å². The molecule has 4 rings (SSSR count). The lowest BCUT2D eigenvalue weighted by molar-refractivity contribution is -0.162. The molecule has 31 heavy (non-hydrogen) atoms. The van der Waals surface area contributed by atoms with Gasteiger partial charge >= 0.3 is 0 Å². The van der Waals surface area contributed by atoms with Gasteiger partial charge in [0.2, 0.25) is 11.9 Å². The van der Waals surface area contributed by atoms with E-state index >= 15 is 0 Å². The summed E-state index contributed by atoms with van der Waals surface area (Å²) in [5.74, 6) is -1.21. The number of likely N-dealkylation sites (tertiary alicyclic amines) is 1. The number of nitrogens with two attached hydrogens (primary N) is 1. The fourth-order valence-corrected chi connectivity index (χ4v) is 4.08. The maximum atomic E-state index is 13.2. The lowest BCUT2D eigenvalue weighted by atomic mass is 9.93. The van der Waals surface area contributed by atoms with E-state index in [1.807, 2.05) is 12.1 Å². The van der Waals surface area contributed by atoms with Crippen LogP contribution in [0.25, 0.3) is 11.1 Å². The summed E-state index contributed by atoms with van der Waals surface area (Å²) in [4.78, 5) is 48.5. The number of carbonyl (C=O) groups excluding carboxylic acids is 3. The van der Waals surface area contributed by atoms with Gasteiger partial charge in [-0.3, -0.25) is 19.3 Å². The summed E-state index contributed by atoms with van der Waals surface area (Å²) in [7, 11) is 0. The molecule has 1 aromatic carbocycles. The van der Waals surface area contributed by atoms with E-state index in [2.05, 4.69) is 9.97 Å². The number of imide groups is 1. The maximum absolute atomic E-state index is 13.2. The van der Waals surface area contributed by atoms with Gasteiger partial charge in [-0.05, 0) is 37.0 Å². The molecule has 3 heterocycles. The smallest absolute Gasteiger partial charge is 0.255 e. The molecule has 2 fully saturated rings. The average Bonchev–Trinajstić information content (AvgIpc) is 2.77. The Hall–Kier alpha value is -3.04. The van der Waals surface area contributed by atoms with Gasteiger partial charge in [-0.25, -0.2) is 9.97 Å². The van der Waals surface area contributed by atoms with Crippen molar-refractivity contribution in [2.75, 3.05) is 32.0 Å². The summed E-state index contributed by atoms with van der Waals surface area (Å²) in [5, 5.41) is 0.607. The van der Waals surface area contributed by atoms with E-state index in [0.717, 1.165) is 28.9 Å². The SMILES string of the molecule is Nc1ncc(-c2ccc(Cl)cc2)c(C2CCCCN2C(=O)CN2C(=O)COCC2=O)n1. The molecule has 1 aromatic heterocycles. The summed E-state index contributed by atoms with van der Waals surface area (Å²) in [6.45, 7) is -0.216. The van der Waals surface area contributed by atoms with E-state index in [-0.39, 0.29) is 37.7 Å². The molecule has 1 atom stereocenters. The molecule has 2 aliphatic heterocycles. The zero-order valence-corrected chi connectivity index (χ0v) is 17.5. The van der Waals surface area contributed by atoms with E-state index in [1.165, 1.54) is 0 Å². The fourth-order valence-electron chi connectivity index (χ4n) is 3.95. The Labute approximate surface area is 184 Å². The first-order valence-corrected chi connectivity index (χ1v) is 10.4. The van der Waals surface area contributed by atoms with E-state index in [9.17, 15) is 14.4 Å². The summed E-state index contributed by atoms with van der Waals surface area (Å²) in [5.41, 5.74) is 8.14. The predicted molar refractivity (Wildman–Crippen MR) is 113 cm³/mol. The van der Waals surface area contributed by atoms with Gasteiger partial charge in [0.1, 0.15) is 19.8 Å². The van der Waals surface area contributed by atoms with Gasteiger partial charge in [0, 0.05) is 23.3 Å². The van der Waals surface area contributed by atoms with Gasteiger partial charge < -0.3 is 15.4 Å². The molecule has 10 heteroatoms. The molecular weight excluding hydrogens is 422 g/mol. The molecule has 0 aliphatic carbocycles. The van der Waals surface area contributed by atoms with Crippen molar-refractivity contribution in [2.24, 2.45) is 0 Å². The third kappa shape index (κ3) is 4.52. The quantitative estimate of drug-likeness (QED) is 0.716. The highest BCUT2D eigenvalue weighted by atomic mass is 35.5. The van der Waals surface area contributed by atoms with Crippen molar-refractivity contribution < 1.29 is 19.1 Å². The average molecular weight is 444 g/mol. The predicted octanol–water partition coefficient (Wildman–Crippen LogP) is 1.82. The highest BCUT2D eigenvalue weighted by molar-refractivity contribution is 6.30. The van der Waals surface area contributed by atoms with Gasteiger partial charge in [-0.2, -0.15) is 0 Å². The number of rotatable bonds is 4. The Kier molecular flexibility index (Phi) is 6.15. The highest BCUT2D eigenvalue weighted by Gasteiger charge is 2.35. The number of amides is 3. The zero-order chi connectivity index (χ0) is 22.0. The number of piperidine rings is 1. The fraction of sp³-hybridized carbons (Fsp3) is 0.381. The number of benzene rings is 1. The number of anilines is 1. The molecule has 3 amide bonds. The minimum absolute atomic E-state index is 0.115. The molecular formula is C21H22ClN5O4. The van der Waals surface area contributed by atoms with Crippen molar-refractivity contribution in [2.45, 2.75) is 25.3 Å². The van der Waals surface area contributed by atoms with Crippen LogP contribution in [0.5, 0.6) is 0 Å². The molecule has 2 aliphatic rings. The second-order valence-corrected chi connectivity index (χ2v) is 7.94. The second kappa shape index (κ2) is 8.99. The summed E-state index contributed by atoms with van der Waals surface area (Å²) in [6.07, 6.45) is 4.07. The van der Waals surface area contributed by atoms with E-state index in [0.29, 0.717) is 23.7 Å². The van der Waals surface area contributed by atoms with Crippen molar-refractivity contribution in [1.29, 1.82) is 0 Å². The Morgan fingerprint density at radius 3 is 2.58 bits per heavy atom. The van der Waals surface area contributed by atoms with Gasteiger partial charge in [0.05, 0.1) is 11.7 Å². The minimum atomic E-state index is -0.508. The summed E-state index contributed by atoms with van der Waals surface area (Å²) in [6, 6.07) is 6.93. The monoisotopic (exact) mass is 443 g/mol. The number of morpholine rings is 1. The minimum Gasteiger partial charge on any atom is -0.368 e. The van der Waals surface area contributed by atoms with Crippen LogP contribution in [-0.2, 0) is 19.1 Å². The van der Waals surface area contributed by atoms with Gasteiger partial charge in [-0.1, -0.05) is 23.7 Å². The molecule has 0 bridgehead atoms. The van der Waals surface area contributed by atoms with Gasteiger partial charge in [0.25, 0.3) is 11.8 Å². The molecule has 0 spiro atoms. The summed E-state index contributed by atoms with van der Waals surface area (Å²) < 4.78 is 4.92. The van der Waals surface area contributed by atoms with Crippen LogP contribution in [0.3, 0.4) is 0 Å². The molecule has 0 saturated carbocycles. The van der Waals surface area contributed by atoms with Crippen LogP contribution in [-0.4, -0.2) is 63.8 Å². The zero-order valence-electron chi connectivity index (χ0n) is 16.8. The first kappa shape index (κ1) is 21.2. The van der Waals surface area contributed by atoms with E-state index in [1.54, 1.807) is 23.2 Å². The van der Waals surface area contributed by atoms with Crippen LogP contribution in [0.1, 0.15) is 31.0 Å². The third-order valence-electron chi connectivity index (χ3n) is 5.48. The van der Waals surface area contributed by atoms with Crippen molar-refractivity contribution in [3.63, 3.8) is 0 Å². The Bertz CT molecular complexity index is 997. The number of hydrogen-bond acceptors (Lipinski definition) is 7. The highest BCUT2D eigenvalue weighted by Crippen LogP contribution is 2.36. The standard InChI is InChI=1S/C21H22ClN5O4/c22-14-6-4-13(5-7-14)15-9-24-21(23)25-20(15)16-3-1-2-8-26(16)17(28)10-27-18(29)11-31-12-19(27)30/h4-7,9,16H,1-3,8,10-12H2,(H2,23,24,25). The van der Waals surface area contributed by atoms with E-state index < -0.39 is 11.8 Å². The molecule has 9 nitrogen and oxygen atoms in total. The Morgan fingerprint density at radius 1 is 1.16 bits per heavy atom. The van der Waals surface area contributed by atoms with Crippen molar-refractivity contribution in [3.05, 3.63) is 41.2 Å². The van der Waals surface area contributed by atoms with E-state index in [4.69, 9.17) is 22.1 Å². The van der Waals surface area contributed by atoms with Gasteiger partial charge in [0.15, 0.2) is 0 Å². The number of nitrogen functional groups attached to an aromatic ring is 1. The number of halogens is 1. The number of ether oxygens (including phenoxy) is 1. The third-order valence-corrected chi connectivity index (χ3v) is 5.73. The molecule has 2 aromatic rings. The lowest BCUT2D eigenvalue weighted by Gasteiger charge is -2.37. The number of nitrogens with zero attached hydrogens (tertiary/aromatic N) is 4. The molecule has 1 unspecified atom stereocenters. The molecule has 0 radical (unpaired) electrons. The maximum Gasteiger partial charge on any atom is 0.255 e. The number of carbonyl (C=O) groups is 3. The number of hydrogen-bond donors (Lipinski definition) is 1. The van der Waals surface area contributed by atoms with Crippen LogP contribution in [0, 0.1) is 0 Å². The largest absolute Gasteiger partial charge is 0.368 e. The van der Waals surface area contributed by atoms with Crippen LogP contribution in [0.15, 0.2) is 30.5 Å². The summed E-state index contributed by atoms with van der Waals surface area (Å²) >= 11 is 6.02. The van der Waals surface area contributed by atoms with Crippen LogP contribution in [0.2, 0.25) is 5.02 Å². The molecule has 2 N–H and O–H groups in total. The van der Waals surface area contributed by atoms with Crippen LogP contribution in [0.4, 0.5) is 5.95 Å². The Morgan fingerprint density at radius 2 is 1.87 bits per heavy atom. The normalized spacial score (nSPS) is 19.6. The lowest BCUT2D eigenvalue weighted by Crippen LogP contribution is -2.52. The molecule has 2 saturated heterocycles. The first-order valence-electron chi connectivity index (χ1n) is 10.0. The van der Waals surface area contributed by atoms with Gasteiger partial charge in [-0.15, -0.1) is 0 Å². The topological polar surface area (TPSA) is 119 Å². The van der Waals surface area contributed by atoms with Crippen molar-refractivity contribution >= 4 is 35.3 Å². The first-order chi connectivity index (χ1) is 14.9. The van der Waals surface area contributed by atoms with Crippen LogP contribution >= 0.6 is 11.6 Å².